The fourth-order valence-corrected chi connectivity index (χ4v) is 0.829. The highest BCUT2D eigenvalue weighted by Crippen LogP contribution is 2.12. The van der Waals surface area contributed by atoms with Crippen LogP contribution in [0.5, 0.6) is 0 Å². The Morgan fingerprint density at radius 1 is 1.36 bits per heavy atom. The van der Waals surface area contributed by atoms with E-state index < -0.39 is 0 Å². The van der Waals surface area contributed by atoms with Gasteiger partial charge in [0.2, 0.25) is 0 Å². The van der Waals surface area contributed by atoms with E-state index in [-0.39, 0.29) is 0 Å². The van der Waals surface area contributed by atoms with Crippen LogP contribution in [0.15, 0.2) is 21.9 Å². The molecule has 11 heavy (non-hydrogen) atoms. The van der Waals surface area contributed by atoms with Gasteiger partial charge < -0.3 is 0 Å². The van der Waals surface area contributed by atoms with E-state index in [9.17, 15) is 0 Å². The first-order valence-electron chi connectivity index (χ1n) is 3.97. The average Bonchev–Trinajstić information content (AvgIpc) is 2.13. The van der Waals surface area contributed by atoms with Gasteiger partial charge in [0.25, 0.3) is 0 Å². The number of aliphatic imine (C=N–C) groups is 2. The van der Waals surface area contributed by atoms with Crippen molar-refractivity contribution in [2.45, 2.75) is 20.8 Å². The van der Waals surface area contributed by atoms with Gasteiger partial charge in [0, 0.05) is 24.5 Å². The molecule has 0 aromatic rings. The molecule has 60 valence electrons. The van der Waals surface area contributed by atoms with Gasteiger partial charge in [-0.15, -0.1) is 0 Å². The number of nitrogens with zero attached hydrogens (tertiary/aromatic N) is 2. The molecule has 0 radical (unpaired) electrons. The van der Waals surface area contributed by atoms with Crippen LogP contribution in [0.2, 0.25) is 0 Å². The van der Waals surface area contributed by atoms with Crippen LogP contribution >= 0.6 is 0 Å². The predicted molar refractivity (Wildman–Crippen MR) is 49.1 cm³/mol. The first kappa shape index (κ1) is 8.18. The van der Waals surface area contributed by atoms with E-state index >= 15 is 0 Å². The fourth-order valence-electron chi connectivity index (χ4n) is 0.829. The molecule has 0 bridgehead atoms. The molecule has 1 unspecified atom stereocenters. The molecular formula is C9H14N2. The van der Waals surface area contributed by atoms with Gasteiger partial charge in [-0.3, -0.25) is 9.98 Å². The fraction of sp³-hybridized carbons (Fsp3) is 0.556. The molecule has 0 fully saturated rings. The Hall–Kier alpha value is -0.920. The van der Waals surface area contributed by atoms with Crippen LogP contribution in [0.1, 0.15) is 20.8 Å². The number of allylic oxidation sites excluding steroid dienone is 1. The zero-order valence-electron chi connectivity index (χ0n) is 7.28. The normalized spacial score (nSPS) is 23.6. The highest BCUT2D eigenvalue weighted by molar-refractivity contribution is 5.84. The van der Waals surface area contributed by atoms with Crippen LogP contribution in [-0.4, -0.2) is 12.4 Å². The Kier molecular flexibility index (Phi) is 2.58. The second kappa shape index (κ2) is 3.46. The second-order valence-corrected chi connectivity index (χ2v) is 3.14. The van der Waals surface area contributed by atoms with E-state index in [1.807, 2.05) is 18.6 Å². The lowest BCUT2D eigenvalue weighted by Gasteiger charge is -2.01. The molecule has 1 heterocycles. The molecule has 0 aliphatic carbocycles. The smallest absolute Gasteiger partial charge is 0.0607 e. The standard InChI is InChI=1S/C9H14N2/c1-7(2)9-6-10-4-8(3)5-11-9/h4-8H,1-3H3. The van der Waals surface area contributed by atoms with Crippen molar-refractivity contribution in [3.8, 4) is 0 Å². The maximum absolute atomic E-state index is 4.31. The Balaban J connectivity index is 2.76. The zero-order chi connectivity index (χ0) is 8.27. The maximum Gasteiger partial charge on any atom is 0.0607 e. The van der Waals surface area contributed by atoms with Crippen molar-refractivity contribution in [2.24, 2.45) is 21.8 Å². The predicted octanol–water partition coefficient (Wildman–Crippen LogP) is 2.28. The topological polar surface area (TPSA) is 24.7 Å². The third-order valence-electron chi connectivity index (χ3n) is 1.58. The molecule has 2 heteroatoms. The number of hydrogen-bond donors (Lipinski definition) is 0. The van der Waals surface area contributed by atoms with E-state index in [0.717, 1.165) is 5.70 Å². The second-order valence-electron chi connectivity index (χ2n) is 3.14. The van der Waals surface area contributed by atoms with E-state index in [0.29, 0.717) is 11.8 Å². The number of rotatable bonds is 1. The van der Waals surface area contributed by atoms with Crippen LogP contribution in [0.4, 0.5) is 0 Å². The Morgan fingerprint density at radius 2 is 2.09 bits per heavy atom. The van der Waals surface area contributed by atoms with Gasteiger partial charge in [-0.2, -0.15) is 0 Å². The summed E-state index contributed by atoms with van der Waals surface area (Å²) in [5.74, 6) is 0.830. The first-order chi connectivity index (χ1) is 5.20. The van der Waals surface area contributed by atoms with Gasteiger partial charge >= 0.3 is 0 Å². The van der Waals surface area contributed by atoms with Crippen molar-refractivity contribution in [3.63, 3.8) is 0 Å². The van der Waals surface area contributed by atoms with Crippen LogP contribution in [0, 0.1) is 11.8 Å². The lowest BCUT2D eigenvalue weighted by Crippen LogP contribution is -1.96. The highest BCUT2D eigenvalue weighted by Gasteiger charge is 2.02. The van der Waals surface area contributed by atoms with Gasteiger partial charge in [0.15, 0.2) is 0 Å². The van der Waals surface area contributed by atoms with E-state index in [4.69, 9.17) is 0 Å². The van der Waals surface area contributed by atoms with Crippen molar-refractivity contribution in [1.82, 2.24) is 0 Å². The largest absolute Gasteiger partial charge is 0.267 e. The summed E-state index contributed by atoms with van der Waals surface area (Å²) >= 11 is 0. The van der Waals surface area contributed by atoms with Crippen molar-refractivity contribution in [2.75, 3.05) is 0 Å². The Morgan fingerprint density at radius 3 is 2.73 bits per heavy atom. The van der Waals surface area contributed by atoms with Crippen LogP contribution in [0.3, 0.4) is 0 Å². The molecule has 1 aliphatic rings. The van der Waals surface area contributed by atoms with Gasteiger partial charge in [0.05, 0.1) is 5.70 Å². The van der Waals surface area contributed by atoms with Crippen LogP contribution in [0.25, 0.3) is 0 Å². The van der Waals surface area contributed by atoms with Crippen molar-refractivity contribution < 1.29 is 0 Å². The minimum atomic E-state index is 0.363. The molecule has 0 aromatic heterocycles. The van der Waals surface area contributed by atoms with Crippen LogP contribution in [-0.2, 0) is 0 Å². The van der Waals surface area contributed by atoms with Gasteiger partial charge in [0.1, 0.15) is 0 Å². The zero-order valence-corrected chi connectivity index (χ0v) is 7.28. The number of hydrogen-bond acceptors (Lipinski definition) is 2. The molecule has 0 spiro atoms. The Bertz CT molecular complexity index is 212. The Labute approximate surface area is 67.8 Å². The summed E-state index contributed by atoms with van der Waals surface area (Å²) < 4.78 is 0. The van der Waals surface area contributed by atoms with E-state index in [1.165, 1.54) is 0 Å². The van der Waals surface area contributed by atoms with Crippen molar-refractivity contribution in [3.05, 3.63) is 11.9 Å². The summed E-state index contributed by atoms with van der Waals surface area (Å²) in [4.78, 5) is 8.46. The van der Waals surface area contributed by atoms with Crippen LogP contribution < -0.4 is 0 Å². The third kappa shape index (κ3) is 2.30. The van der Waals surface area contributed by atoms with Gasteiger partial charge in [-0.05, 0) is 5.92 Å². The molecule has 0 amide bonds. The minimum Gasteiger partial charge on any atom is -0.267 e. The summed E-state index contributed by atoms with van der Waals surface area (Å²) in [7, 11) is 0. The molecule has 0 aromatic carbocycles. The molecule has 0 saturated carbocycles. The molecule has 1 aliphatic heterocycles. The molecule has 2 nitrogen and oxygen atoms in total. The monoisotopic (exact) mass is 150 g/mol. The SMILES string of the molecule is CC1C=NC=C(C(C)C)N=C1. The van der Waals surface area contributed by atoms with E-state index in [2.05, 4.69) is 30.8 Å². The lowest BCUT2D eigenvalue weighted by atomic mass is 10.1. The quantitative estimate of drug-likeness (QED) is 0.548. The summed E-state index contributed by atoms with van der Waals surface area (Å²) in [5.41, 5.74) is 1.06. The van der Waals surface area contributed by atoms with Gasteiger partial charge in [-0.1, -0.05) is 20.8 Å². The van der Waals surface area contributed by atoms with Gasteiger partial charge in [-0.25, -0.2) is 0 Å². The summed E-state index contributed by atoms with van der Waals surface area (Å²) in [5, 5.41) is 0. The molecule has 0 N–H and O–H groups in total. The van der Waals surface area contributed by atoms with Crippen molar-refractivity contribution in [1.29, 1.82) is 0 Å². The minimum absolute atomic E-state index is 0.363. The molecule has 0 saturated heterocycles. The maximum atomic E-state index is 4.31. The third-order valence-corrected chi connectivity index (χ3v) is 1.58. The lowest BCUT2D eigenvalue weighted by molar-refractivity contribution is 0.756. The highest BCUT2D eigenvalue weighted by atomic mass is 14.8. The summed E-state index contributed by atoms with van der Waals surface area (Å²) in [6.07, 6.45) is 5.67. The molecule has 1 rings (SSSR count). The first-order valence-corrected chi connectivity index (χ1v) is 3.97. The van der Waals surface area contributed by atoms with E-state index in [1.54, 1.807) is 0 Å². The van der Waals surface area contributed by atoms with Crippen molar-refractivity contribution >= 4 is 12.4 Å². The molecule has 1 atom stereocenters. The molecular weight excluding hydrogens is 136 g/mol. The summed E-state index contributed by atoms with van der Waals surface area (Å²) in [6.45, 7) is 6.31. The average molecular weight is 150 g/mol. The summed E-state index contributed by atoms with van der Waals surface area (Å²) in [6, 6.07) is 0.